The number of carbonyl (C=O) groups excluding carboxylic acids is 2. The molecule has 1 unspecified atom stereocenters. The molecule has 0 spiro atoms. The van der Waals surface area contributed by atoms with Crippen molar-refractivity contribution in [1.82, 2.24) is 9.80 Å². The summed E-state index contributed by atoms with van der Waals surface area (Å²) in [4.78, 5) is 27.0. The molecule has 1 aromatic carbocycles. The van der Waals surface area contributed by atoms with Gasteiger partial charge >= 0.3 is 0 Å². The second kappa shape index (κ2) is 6.41. The molecule has 1 aliphatic rings. The molecule has 114 valence electrons. The van der Waals surface area contributed by atoms with Gasteiger partial charge < -0.3 is 14.9 Å². The van der Waals surface area contributed by atoms with Crippen LogP contribution in [0.5, 0.6) is 0 Å². The van der Waals surface area contributed by atoms with Gasteiger partial charge in [-0.05, 0) is 25.1 Å². The Morgan fingerprint density at radius 1 is 1.24 bits per heavy atom. The number of aliphatic hydroxyl groups is 1. The Kier molecular flexibility index (Phi) is 4.80. The molecule has 1 aromatic rings. The summed E-state index contributed by atoms with van der Waals surface area (Å²) >= 11 is 5.67. The highest BCUT2D eigenvalue weighted by Gasteiger charge is 2.26. The summed E-state index contributed by atoms with van der Waals surface area (Å²) in [6, 6.07) is 3.84. The van der Waals surface area contributed by atoms with Gasteiger partial charge in [0.25, 0.3) is 11.8 Å². The number of halogens is 2. The van der Waals surface area contributed by atoms with Crippen molar-refractivity contribution in [2.24, 2.45) is 0 Å². The van der Waals surface area contributed by atoms with E-state index in [9.17, 15) is 19.1 Å². The number of piperazine rings is 1. The van der Waals surface area contributed by atoms with Gasteiger partial charge in [0.2, 0.25) is 0 Å². The molecule has 2 amide bonds. The fraction of sp³-hybridized carbons (Fsp3) is 0.429. The van der Waals surface area contributed by atoms with Gasteiger partial charge in [-0.15, -0.1) is 0 Å². The Morgan fingerprint density at radius 2 is 1.81 bits per heavy atom. The zero-order chi connectivity index (χ0) is 15.6. The lowest BCUT2D eigenvalue weighted by atomic mass is 10.1. The van der Waals surface area contributed by atoms with Crippen molar-refractivity contribution in [1.29, 1.82) is 0 Å². The first-order chi connectivity index (χ1) is 9.90. The van der Waals surface area contributed by atoms with Crippen molar-refractivity contribution >= 4 is 23.4 Å². The molecule has 21 heavy (non-hydrogen) atoms. The molecule has 0 aromatic heterocycles. The number of nitrogens with zero attached hydrogens (tertiary/aromatic N) is 2. The minimum Gasteiger partial charge on any atom is -0.384 e. The van der Waals surface area contributed by atoms with Gasteiger partial charge in [0.1, 0.15) is 11.9 Å². The van der Waals surface area contributed by atoms with Crippen LogP contribution >= 0.6 is 11.6 Å². The third kappa shape index (κ3) is 3.51. The summed E-state index contributed by atoms with van der Waals surface area (Å²) < 4.78 is 13.1. The van der Waals surface area contributed by atoms with Gasteiger partial charge in [-0.3, -0.25) is 9.59 Å². The summed E-state index contributed by atoms with van der Waals surface area (Å²) in [6.45, 7) is 2.88. The first kappa shape index (κ1) is 15.7. The Hall–Kier alpha value is -1.66. The largest absolute Gasteiger partial charge is 0.384 e. The predicted octanol–water partition coefficient (Wildman–Crippen LogP) is 1.14. The number of hydrogen-bond acceptors (Lipinski definition) is 3. The van der Waals surface area contributed by atoms with E-state index < -0.39 is 11.9 Å². The van der Waals surface area contributed by atoms with Crippen molar-refractivity contribution in [2.45, 2.75) is 13.0 Å². The SMILES string of the molecule is CC(O)C(=O)N1CCN(C(=O)c2ccc(F)c(Cl)c2)CC1. The molecule has 0 saturated carbocycles. The quantitative estimate of drug-likeness (QED) is 0.890. The number of rotatable bonds is 2. The van der Waals surface area contributed by atoms with Crippen LogP contribution in [0.4, 0.5) is 4.39 Å². The van der Waals surface area contributed by atoms with Crippen LogP contribution in [0, 0.1) is 5.82 Å². The van der Waals surface area contributed by atoms with Crippen LogP contribution in [0.1, 0.15) is 17.3 Å². The van der Waals surface area contributed by atoms with E-state index in [-0.39, 0.29) is 16.8 Å². The molecule has 5 nitrogen and oxygen atoms in total. The first-order valence-corrected chi connectivity index (χ1v) is 6.99. The van der Waals surface area contributed by atoms with Gasteiger partial charge in [0, 0.05) is 31.7 Å². The zero-order valence-corrected chi connectivity index (χ0v) is 12.3. The van der Waals surface area contributed by atoms with E-state index in [0.29, 0.717) is 31.7 Å². The van der Waals surface area contributed by atoms with Crippen molar-refractivity contribution in [3.05, 3.63) is 34.6 Å². The summed E-state index contributed by atoms with van der Waals surface area (Å²) in [6.07, 6.45) is -1.04. The third-order valence-corrected chi connectivity index (χ3v) is 3.69. The average Bonchev–Trinajstić information content (AvgIpc) is 2.48. The number of amides is 2. The molecule has 1 heterocycles. The molecule has 0 radical (unpaired) electrons. The van der Waals surface area contributed by atoms with Crippen LogP contribution in [0.15, 0.2) is 18.2 Å². The van der Waals surface area contributed by atoms with Gasteiger partial charge in [-0.25, -0.2) is 4.39 Å². The molecule has 1 saturated heterocycles. The van der Waals surface area contributed by atoms with Crippen LogP contribution in [0.2, 0.25) is 5.02 Å². The number of hydrogen-bond donors (Lipinski definition) is 1. The second-order valence-electron chi connectivity index (χ2n) is 4.92. The lowest BCUT2D eigenvalue weighted by Gasteiger charge is -2.35. The normalized spacial score (nSPS) is 16.8. The summed E-state index contributed by atoms with van der Waals surface area (Å²) in [5, 5.41) is 9.17. The lowest BCUT2D eigenvalue weighted by Crippen LogP contribution is -2.52. The van der Waals surface area contributed by atoms with Crippen molar-refractivity contribution in [2.75, 3.05) is 26.2 Å². The molecule has 7 heteroatoms. The Bertz CT molecular complexity index is 557. The van der Waals surface area contributed by atoms with Gasteiger partial charge in [0.05, 0.1) is 5.02 Å². The average molecular weight is 315 g/mol. The highest BCUT2D eigenvalue weighted by molar-refractivity contribution is 6.31. The third-order valence-electron chi connectivity index (χ3n) is 3.40. The molecule has 0 aliphatic carbocycles. The fourth-order valence-electron chi connectivity index (χ4n) is 2.21. The van der Waals surface area contributed by atoms with Crippen molar-refractivity contribution < 1.29 is 19.1 Å². The predicted molar refractivity (Wildman–Crippen MR) is 75.6 cm³/mol. The smallest absolute Gasteiger partial charge is 0.254 e. The molecule has 1 atom stereocenters. The standard InChI is InChI=1S/C14H16ClFN2O3/c1-9(19)13(20)17-4-6-18(7-5-17)14(21)10-2-3-12(16)11(15)8-10/h2-3,8-9,19H,4-7H2,1H3. The minimum absolute atomic E-state index is 0.0937. The monoisotopic (exact) mass is 314 g/mol. The van der Waals surface area contributed by atoms with Gasteiger partial charge in [0.15, 0.2) is 0 Å². The Morgan fingerprint density at radius 3 is 2.33 bits per heavy atom. The van der Waals surface area contributed by atoms with E-state index in [1.54, 1.807) is 4.90 Å². The summed E-state index contributed by atoms with van der Waals surface area (Å²) in [5.74, 6) is -1.16. The second-order valence-corrected chi connectivity index (χ2v) is 5.33. The van der Waals surface area contributed by atoms with Gasteiger partial charge in [-0.1, -0.05) is 11.6 Å². The summed E-state index contributed by atoms with van der Waals surface area (Å²) in [7, 11) is 0. The highest BCUT2D eigenvalue weighted by atomic mass is 35.5. The van der Waals surface area contributed by atoms with Crippen LogP contribution in [-0.2, 0) is 4.79 Å². The number of carbonyl (C=O) groups is 2. The van der Waals surface area contributed by atoms with Crippen molar-refractivity contribution in [3.63, 3.8) is 0 Å². The topological polar surface area (TPSA) is 60.9 Å². The fourth-order valence-corrected chi connectivity index (χ4v) is 2.39. The molecule has 1 N–H and O–H groups in total. The maximum Gasteiger partial charge on any atom is 0.254 e. The molecule has 1 aliphatic heterocycles. The van der Waals surface area contributed by atoms with E-state index in [4.69, 9.17) is 11.6 Å². The lowest BCUT2D eigenvalue weighted by molar-refractivity contribution is -0.140. The van der Waals surface area contributed by atoms with E-state index in [1.165, 1.54) is 24.0 Å². The molecule has 0 bridgehead atoms. The molecular weight excluding hydrogens is 299 g/mol. The van der Waals surface area contributed by atoms with Crippen LogP contribution in [0.25, 0.3) is 0 Å². The number of benzene rings is 1. The summed E-state index contributed by atoms with van der Waals surface area (Å²) in [5.41, 5.74) is 0.316. The van der Waals surface area contributed by atoms with E-state index in [2.05, 4.69) is 0 Å². The van der Waals surface area contributed by atoms with E-state index in [0.717, 1.165) is 6.07 Å². The molecule has 2 rings (SSSR count). The first-order valence-electron chi connectivity index (χ1n) is 6.61. The van der Waals surface area contributed by atoms with E-state index in [1.807, 2.05) is 0 Å². The maximum atomic E-state index is 13.1. The van der Waals surface area contributed by atoms with Crippen LogP contribution in [0.3, 0.4) is 0 Å². The minimum atomic E-state index is -1.04. The van der Waals surface area contributed by atoms with Crippen LogP contribution < -0.4 is 0 Å². The van der Waals surface area contributed by atoms with Gasteiger partial charge in [-0.2, -0.15) is 0 Å². The van der Waals surface area contributed by atoms with Crippen LogP contribution in [-0.4, -0.2) is 59.0 Å². The molecular formula is C14H16ClFN2O3. The zero-order valence-electron chi connectivity index (χ0n) is 11.6. The Balaban J connectivity index is 2.00. The van der Waals surface area contributed by atoms with E-state index >= 15 is 0 Å². The Labute approximate surface area is 126 Å². The number of aliphatic hydroxyl groups excluding tert-OH is 1. The van der Waals surface area contributed by atoms with Crippen molar-refractivity contribution in [3.8, 4) is 0 Å². The molecule has 1 fully saturated rings. The maximum absolute atomic E-state index is 13.1. The highest BCUT2D eigenvalue weighted by Crippen LogP contribution is 2.18.